The van der Waals surface area contributed by atoms with Crippen LogP contribution in [0.1, 0.15) is 38.2 Å². The summed E-state index contributed by atoms with van der Waals surface area (Å²) in [5, 5.41) is 10.6. The fourth-order valence-electron chi connectivity index (χ4n) is 3.17. The van der Waals surface area contributed by atoms with Gasteiger partial charge in [-0.05, 0) is 48.4 Å². The highest BCUT2D eigenvalue weighted by molar-refractivity contribution is 5.58. The molecule has 1 saturated carbocycles. The summed E-state index contributed by atoms with van der Waals surface area (Å²) in [5.41, 5.74) is 3.62. The van der Waals surface area contributed by atoms with E-state index in [-0.39, 0.29) is 0 Å². The molecule has 1 aromatic heterocycles. The van der Waals surface area contributed by atoms with Crippen LogP contribution in [0, 0.1) is 11.8 Å². The molecule has 0 aliphatic heterocycles. The van der Waals surface area contributed by atoms with Crippen LogP contribution in [0.2, 0.25) is 0 Å². The maximum Gasteiger partial charge on any atom is 0.0650 e. The van der Waals surface area contributed by atoms with Crippen LogP contribution in [0.25, 0.3) is 11.3 Å². The number of nitrogens with one attached hydrogen (secondary N) is 2. The maximum absolute atomic E-state index is 3.99. The van der Waals surface area contributed by atoms with Crippen molar-refractivity contribution in [2.24, 2.45) is 11.8 Å². The highest BCUT2D eigenvalue weighted by Gasteiger charge is 2.17. The lowest BCUT2D eigenvalue weighted by atomic mass is 9.83. The van der Waals surface area contributed by atoms with E-state index in [2.05, 4.69) is 46.7 Å². The van der Waals surface area contributed by atoms with E-state index in [4.69, 9.17) is 0 Å². The van der Waals surface area contributed by atoms with Gasteiger partial charge in [0.2, 0.25) is 0 Å². The Kier molecular flexibility index (Phi) is 4.71. The average Bonchev–Trinajstić information content (AvgIpc) is 3.04. The minimum Gasteiger partial charge on any atom is -0.312 e. The zero-order chi connectivity index (χ0) is 14.5. The molecule has 3 nitrogen and oxygen atoms in total. The minimum atomic E-state index is 0.880. The SMILES string of the molecule is CC1CCC(CNCc2ccc(-c3ccn[nH]3)cc2)CC1. The van der Waals surface area contributed by atoms with Crippen LogP contribution in [0.3, 0.4) is 0 Å². The Morgan fingerprint density at radius 3 is 2.52 bits per heavy atom. The Balaban J connectivity index is 1.45. The van der Waals surface area contributed by atoms with Gasteiger partial charge in [0, 0.05) is 12.7 Å². The van der Waals surface area contributed by atoms with E-state index in [0.29, 0.717) is 0 Å². The number of aromatic amines is 1. The molecular weight excluding hydrogens is 258 g/mol. The van der Waals surface area contributed by atoms with Gasteiger partial charge in [0.15, 0.2) is 0 Å². The number of hydrogen-bond acceptors (Lipinski definition) is 2. The molecule has 0 radical (unpaired) electrons. The molecule has 21 heavy (non-hydrogen) atoms. The summed E-state index contributed by atoms with van der Waals surface area (Å²) in [6.45, 7) is 4.51. The van der Waals surface area contributed by atoms with Crippen LogP contribution >= 0.6 is 0 Å². The Morgan fingerprint density at radius 1 is 1.10 bits per heavy atom. The molecule has 1 heterocycles. The standard InChI is InChI=1S/C18H25N3/c1-14-2-4-15(5-3-14)12-19-13-16-6-8-17(9-7-16)18-10-11-20-21-18/h6-11,14-15,19H,2-5,12-13H2,1H3,(H,20,21). The van der Waals surface area contributed by atoms with Crippen LogP contribution in [-0.2, 0) is 6.54 Å². The van der Waals surface area contributed by atoms with Gasteiger partial charge in [-0.2, -0.15) is 5.10 Å². The molecule has 0 spiro atoms. The van der Waals surface area contributed by atoms with Gasteiger partial charge < -0.3 is 5.32 Å². The molecule has 1 fully saturated rings. The van der Waals surface area contributed by atoms with Gasteiger partial charge in [-0.15, -0.1) is 0 Å². The van der Waals surface area contributed by atoms with E-state index in [1.54, 1.807) is 6.20 Å². The average molecular weight is 283 g/mol. The molecule has 0 bridgehead atoms. The summed E-state index contributed by atoms with van der Waals surface area (Å²) in [5.74, 6) is 1.82. The van der Waals surface area contributed by atoms with Gasteiger partial charge in [-0.1, -0.05) is 44.0 Å². The minimum absolute atomic E-state index is 0.880. The van der Waals surface area contributed by atoms with E-state index in [9.17, 15) is 0 Å². The topological polar surface area (TPSA) is 40.7 Å². The molecule has 112 valence electrons. The van der Waals surface area contributed by atoms with Crippen molar-refractivity contribution in [3.63, 3.8) is 0 Å². The molecule has 1 aliphatic rings. The Bertz CT molecular complexity index is 522. The Labute approximate surface area is 127 Å². The predicted octanol–water partition coefficient (Wildman–Crippen LogP) is 3.99. The van der Waals surface area contributed by atoms with Crippen molar-refractivity contribution in [1.29, 1.82) is 0 Å². The number of H-pyrrole nitrogens is 1. The summed E-state index contributed by atoms with van der Waals surface area (Å²) >= 11 is 0. The maximum atomic E-state index is 3.99. The molecule has 0 unspecified atom stereocenters. The van der Waals surface area contributed by atoms with Crippen molar-refractivity contribution in [3.05, 3.63) is 42.1 Å². The van der Waals surface area contributed by atoms with E-state index in [0.717, 1.165) is 30.6 Å². The van der Waals surface area contributed by atoms with Crippen molar-refractivity contribution in [1.82, 2.24) is 15.5 Å². The van der Waals surface area contributed by atoms with Crippen LogP contribution in [0.4, 0.5) is 0 Å². The lowest BCUT2D eigenvalue weighted by molar-refractivity contribution is 0.281. The molecule has 2 N–H and O–H groups in total. The highest BCUT2D eigenvalue weighted by Crippen LogP contribution is 2.27. The van der Waals surface area contributed by atoms with E-state index >= 15 is 0 Å². The first-order valence-corrected chi connectivity index (χ1v) is 8.10. The summed E-state index contributed by atoms with van der Waals surface area (Å²) in [4.78, 5) is 0. The number of hydrogen-bond donors (Lipinski definition) is 2. The van der Waals surface area contributed by atoms with Crippen LogP contribution in [0.5, 0.6) is 0 Å². The highest BCUT2D eigenvalue weighted by atomic mass is 15.1. The first kappa shape index (κ1) is 14.3. The van der Waals surface area contributed by atoms with Gasteiger partial charge in [-0.3, -0.25) is 5.10 Å². The van der Waals surface area contributed by atoms with Gasteiger partial charge >= 0.3 is 0 Å². The second kappa shape index (κ2) is 6.90. The molecule has 0 amide bonds. The van der Waals surface area contributed by atoms with Gasteiger partial charge in [0.05, 0.1) is 5.69 Å². The summed E-state index contributed by atoms with van der Waals surface area (Å²) in [7, 11) is 0. The zero-order valence-electron chi connectivity index (χ0n) is 12.8. The second-order valence-electron chi connectivity index (χ2n) is 6.42. The molecule has 3 rings (SSSR count). The van der Waals surface area contributed by atoms with Crippen molar-refractivity contribution in [2.45, 2.75) is 39.2 Å². The molecule has 2 aromatic rings. The van der Waals surface area contributed by atoms with E-state index < -0.39 is 0 Å². The zero-order valence-corrected chi connectivity index (χ0v) is 12.8. The monoisotopic (exact) mass is 283 g/mol. The van der Waals surface area contributed by atoms with Crippen LogP contribution < -0.4 is 5.32 Å². The number of benzene rings is 1. The number of aromatic nitrogens is 2. The third kappa shape index (κ3) is 3.94. The smallest absolute Gasteiger partial charge is 0.0650 e. The summed E-state index contributed by atoms with van der Waals surface area (Å²) in [6, 6.07) is 10.7. The van der Waals surface area contributed by atoms with Crippen molar-refractivity contribution in [3.8, 4) is 11.3 Å². The Morgan fingerprint density at radius 2 is 1.86 bits per heavy atom. The van der Waals surface area contributed by atoms with Crippen molar-refractivity contribution < 1.29 is 0 Å². The normalized spacial score (nSPS) is 22.3. The first-order chi connectivity index (χ1) is 10.3. The largest absolute Gasteiger partial charge is 0.312 e. The molecule has 3 heteroatoms. The molecular formula is C18H25N3. The quantitative estimate of drug-likeness (QED) is 0.871. The van der Waals surface area contributed by atoms with Gasteiger partial charge in [0.1, 0.15) is 0 Å². The number of nitrogens with zero attached hydrogens (tertiary/aromatic N) is 1. The first-order valence-electron chi connectivity index (χ1n) is 8.10. The third-order valence-electron chi connectivity index (χ3n) is 4.66. The van der Waals surface area contributed by atoms with Crippen LogP contribution in [0.15, 0.2) is 36.5 Å². The fraction of sp³-hybridized carbons (Fsp3) is 0.500. The van der Waals surface area contributed by atoms with Crippen LogP contribution in [-0.4, -0.2) is 16.7 Å². The van der Waals surface area contributed by atoms with E-state index in [1.807, 2.05) is 6.07 Å². The molecule has 0 atom stereocenters. The molecule has 1 aliphatic carbocycles. The second-order valence-corrected chi connectivity index (χ2v) is 6.42. The predicted molar refractivity (Wildman–Crippen MR) is 86.9 cm³/mol. The third-order valence-corrected chi connectivity index (χ3v) is 4.66. The van der Waals surface area contributed by atoms with Gasteiger partial charge in [-0.25, -0.2) is 0 Å². The van der Waals surface area contributed by atoms with Crippen molar-refractivity contribution >= 4 is 0 Å². The fourth-order valence-corrected chi connectivity index (χ4v) is 3.17. The number of rotatable bonds is 5. The molecule has 1 aromatic carbocycles. The lowest BCUT2D eigenvalue weighted by Gasteiger charge is -2.26. The summed E-state index contributed by atoms with van der Waals surface area (Å²) < 4.78 is 0. The Hall–Kier alpha value is -1.61. The van der Waals surface area contributed by atoms with Gasteiger partial charge in [0.25, 0.3) is 0 Å². The summed E-state index contributed by atoms with van der Waals surface area (Å²) in [6.07, 6.45) is 7.39. The van der Waals surface area contributed by atoms with E-state index in [1.165, 1.54) is 36.8 Å². The van der Waals surface area contributed by atoms with Crippen molar-refractivity contribution in [2.75, 3.05) is 6.54 Å². The molecule has 0 saturated heterocycles. The lowest BCUT2D eigenvalue weighted by Crippen LogP contribution is -2.25.